The molecule has 1 aromatic heterocycles. The van der Waals surface area contributed by atoms with Crippen molar-refractivity contribution in [1.29, 1.82) is 0 Å². The van der Waals surface area contributed by atoms with Crippen LogP contribution in [0.1, 0.15) is 16.9 Å². The molecule has 0 fully saturated rings. The molecule has 0 spiro atoms. The lowest BCUT2D eigenvalue weighted by atomic mass is 10.1. The van der Waals surface area contributed by atoms with Gasteiger partial charge >= 0.3 is 0 Å². The zero-order valence-electron chi connectivity index (χ0n) is 10.8. The van der Waals surface area contributed by atoms with Crippen LogP contribution in [0.4, 0.5) is 0 Å². The number of furan rings is 1. The van der Waals surface area contributed by atoms with Crippen molar-refractivity contribution < 1.29 is 4.42 Å². The number of aryl methyl sites for hydroxylation is 1. The van der Waals surface area contributed by atoms with Crippen molar-refractivity contribution >= 4 is 22.7 Å². The summed E-state index contributed by atoms with van der Waals surface area (Å²) >= 11 is 0. The molecule has 94 valence electrons. The van der Waals surface area contributed by atoms with E-state index in [0.717, 1.165) is 16.5 Å². The van der Waals surface area contributed by atoms with Crippen molar-refractivity contribution in [2.75, 3.05) is 0 Å². The van der Waals surface area contributed by atoms with Gasteiger partial charge in [-0.1, -0.05) is 42.0 Å². The van der Waals surface area contributed by atoms with Crippen LogP contribution in [0.15, 0.2) is 59.0 Å². The van der Waals surface area contributed by atoms with Gasteiger partial charge in [0.25, 0.3) is 0 Å². The number of benzene rings is 2. The van der Waals surface area contributed by atoms with Gasteiger partial charge in [0.2, 0.25) is 0 Å². The monoisotopic (exact) mass is 249 g/mol. The molecule has 0 bridgehead atoms. The first-order valence-electron chi connectivity index (χ1n) is 6.25. The molecule has 3 rings (SSSR count). The van der Waals surface area contributed by atoms with E-state index in [-0.39, 0.29) is 0 Å². The highest BCUT2D eigenvalue weighted by Crippen LogP contribution is 2.24. The largest absolute Gasteiger partial charge is 0.455 e. The van der Waals surface area contributed by atoms with Gasteiger partial charge in [0.15, 0.2) is 5.76 Å². The summed E-state index contributed by atoms with van der Waals surface area (Å²) in [7, 11) is 0. The second-order valence-corrected chi connectivity index (χ2v) is 4.66. The van der Waals surface area contributed by atoms with Crippen LogP contribution in [0.3, 0.4) is 0 Å². The quantitative estimate of drug-likeness (QED) is 0.739. The third-order valence-corrected chi connectivity index (χ3v) is 3.08. The molecule has 2 nitrogen and oxygen atoms in total. The van der Waals surface area contributed by atoms with Crippen LogP contribution in [-0.4, -0.2) is 0 Å². The number of nitrogens with two attached hydrogens (primary N) is 1. The van der Waals surface area contributed by atoms with Gasteiger partial charge in [-0.25, -0.2) is 0 Å². The summed E-state index contributed by atoms with van der Waals surface area (Å²) in [6.45, 7) is 2.06. The summed E-state index contributed by atoms with van der Waals surface area (Å²) in [4.78, 5) is 0. The first-order chi connectivity index (χ1) is 9.22. The van der Waals surface area contributed by atoms with Crippen LogP contribution < -0.4 is 5.73 Å². The number of hydrogen-bond donors (Lipinski definition) is 1. The Balaban J connectivity index is 2.02. The Kier molecular flexibility index (Phi) is 2.84. The fraction of sp³-hybridized carbons (Fsp3) is 0.0588. The minimum Gasteiger partial charge on any atom is -0.455 e. The topological polar surface area (TPSA) is 39.2 Å². The lowest BCUT2D eigenvalue weighted by Crippen LogP contribution is -1.93. The summed E-state index contributed by atoms with van der Waals surface area (Å²) in [5.41, 5.74) is 9.88. The van der Waals surface area contributed by atoms with Gasteiger partial charge in [-0.05, 0) is 36.8 Å². The Hall–Kier alpha value is -2.48. The van der Waals surface area contributed by atoms with Crippen molar-refractivity contribution in [1.82, 2.24) is 0 Å². The highest BCUT2D eigenvalue weighted by molar-refractivity contribution is 5.85. The van der Waals surface area contributed by atoms with Gasteiger partial charge < -0.3 is 10.2 Å². The first kappa shape index (κ1) is 11.6. The lowest BCUT2D eigenvalue weighted by molar-refractivity contribution is 0.599. The fourth-order valence-electron chi connectivity index (χ4n) is 2.10. The molecule has 0 aliphatic rings. The molecule has 0 aliphatic carbocycles. The maximum absolute atomic E-state index is 6.10. The van der Waals surface area contributed by atoms with E-state index in [1.165, 1.54) is 5.56 Å². The molecule has 19 heavy (non-hydrogen) atoms. The molecule has 2 N–H and O–H groups in total. The van der Waals surface area contributed by atoms with Crippen LogP contribution in [0.5, 0.6) is 0 Å². The van der Waals surface area contributed by atoms with E-state index in [2.05, 4.69) is 13.0 Å². The van der Waals surface area contributed by atoms with Crippen molar-refractivity contribution in [3.63, 3.8) is 0 Å². The predicted octanol–water partition coefficient (Wildman–Crippen LogP) is 4.20. The summed E-state index contributed by atoms with van der Waals surface area (Å²) in [5, 5.41) is 1.08. The molecule has 3 aromatic rings. The van der Waals surface area contributed by atoms with E-state index in [1.807, 2.05) is 54.6 Å². The second kappa shape index (κ2) is 4.65. The third-order valence-electron chi connectivity index (χ3n) is 3.08. The van der Waals surface area contributed by atoms with E-state index in [1.54, 1.807) is 0 Å². The van der Waals surface area contributed by atoms with Crippen LogP contribution in [0.25, 0.3) is 22.7 Å². The maximum atomic E-state index is 6.10. The van der Waals surface area contributed by atoms with Gasteiger partial charge in [-0.2, -0.15) is 0 Å². The van der Waals surface area contributed by atoms with E-state index in [9.17, 15) is 0 Å². The predicted molar refractivity (Wildman–Crippen MR) is 79.5 cm³/mol. The van der Waals surface area contributed by atoms with E-state index in [0.29, 0.717) is 11.5 Å². The highest BCUT2D eigenvalue weighted by atomic mass is 16.3. The molecule has 1 heterocycles. The molecule has 0 aliphatic heterocycles. The Morgan fingerprint density at radius 3 is 2.63 bits per heavy atom. The Morgan fingerprint density at radius 2 is 1.84 bits per heavy atom. The molecule has 0 saturated carbocycles. The van der Waals surface area contributed by atoms with Gasteiger partial charge in [-0.3, -0.25) is 0 Å². The Morgan fingerprint density at radius 1 is 1.05 bits per heavy atom. The number of rotatable bonds is 2. The Bertz CT molecular complexity index is 738. The van der Waals surface area contributed by atoms with Gasteiger partial charge in [0.05, 0.1) is 5.70 Å². The van der Waals surface area contributed by atoms with Crippen LogP contribution in [-0.2, 0) is 0 Å². The lowest BCUT2D eigenvalue weighted by Gasteiger charge is -1.97. The average molecular weight is 249 g/mol. The number of hydrogen-bond acceptors (Lipinski definition) is 2. The molecule has 0 saturated heterocycles. The van der Waals surface area contributed by atoms with Gasteiger partial charge in [0.1, 0.15) is 5.58 Å². The van der Waals surface area contributed by atoms with Crippen molar-refractivity contribution in [2.24, 2.45) is 5.73 Å². The molecule has 0 unspecified atom stereocenters. The normalized spacial score (nSPS) is 11.9. The van der Waals surface area contributed by atoms with E-state index in [4.69, 9.17) is 10.2 Å². The zero-order chi connectivity index (χ0) is 13.2. The molecule has 0 radical (unpaired) electrons. The van der Waals surface area contributed by atoms with E-state index >= 15 is 0 Å². The summed E-state index contributed by atoms with van der Waals surface area (Å²) in [5.74, 6) is 0.712. The second-order valence-electron chi connectivity index (χ2n) is 4.66. The summed E-state index contributed by atoms with van der Waals surface area (Å²) in [6, 6.07) is 18.1. The Labute approximate surface area is 112 Å². The molecule has 0 amide bonds. The average Bonchev–Trinajstić information content (AvgIpc) is 2.83. The van der Waals surface area contributed by atoms with Crippen LogP contribution >= 0.6 is 0 Å². The molecule has 0 atom stereocenters. The number of fused-ring (bicyclic) bond motifs is 1. The maximum Gasteiger partial charge on any atom is 0.151 e. The molecular weight excluding hydrogens is 234 g/mol. The van der Waals surface area contributed by atoms with Crippen molar-refractivity contribution in [3.05, 3.63) is 71.5 Å². The van der Waals surface area contributed by atoms with Gasteiger partial charge in [0, 0.05) is 5.39 Å². The van der Waals surface area contributed by atoms with Gasteiger partial charge in [-0.15, -0.1) is 0 Å². The minimum atomic E-state index is 0.639. The van der Waals surface area contributed by atoms with Crippen molar-refractivity contribution in [3.8, 4) is 0 Å². The summed E-state index contributed by atoms with van der Waals surface area (Å²) in [6.07, 6.45) is 1.92. The van der Waals surface area contributed by atoms with Crippen LogP contribution in [0, 0.1) is 6.92 Å². The fourth-order valence-corrected chi connectivity index (χ4v) is 2.10. The minimum absolute atomic E-state index is 0.639. The van der Waals surface area contributed by atoms with E-state index < -0.39 is 0 Å². The standard InChI is InChI=1S/C17H15NO/c1-12-7-8-16-14(9-12)11-17(19-16)15(18)10-13-5-3-2-4-6-13/h2-11H,18H2,1H3. The zero-order valence-corrected chi connectivity index (χ0v) is 10.8. The molecule has 2 aromatic carbocycles. The first-order valence-corrected chi connectivity index (χ1v) is 6.25. The highest BCUT2D eigenvalue weighted by Gasteiger charge is 2.06. The van der Waals surface area contributed by atoms with Crippen molar-refractivity contribution in [2.45, 2.75) is 6.92 Å². The molecule has 2 heteroatoms. The third kappa shape index (κ3) is 2.38. The van der Waals surface area contributed by atoms with Crippen LogP contribution in [0.2, 0.25) is 0 Å². The summed E-state index contributed by atoms with van der Waals surface area (Å²) < 4.78 is 5.76. The SMILES string of the molecule is Cc1ccc2oc(C(N)=Cc3ccccc3)cc2c1. The molecular formula is C17H15NO. The smallest absolute Gasteiger partial charge is 0.151 e.